The minimum atomic E-state index is -3.76. The van der Waals surface area contributed by atoms with Crippen LogP contribution in [-0.4, -0.2) is 38.1 Å². The zero-order valence-electron chi connectivity index (χ0n) is 14.7. The van der Waals surface area contributed by atoms with Crippen LogP contribution in [0.15, 0.2) is 24.3 Å². The largest absolute Gasteiger partial charge is 0.388 e. The average Bonchev–Trinajstić information content (AvgIpc) is 2.52. The maximum Gasteiger partial charge on any atom is 0.296 e. The van der Waals surface area contributed by atoms with Crippen LogP contribution in [-0.2, 0) is 10.2 Å². The van der Waals surface area contributed by atoms with Gasteiger partial charge in [-0.05, 0) is 56.6 Å². The SMILES string of the molecule is C.CCCCCN(CC)CCCC(O)c1ccc(NS(N)(=O)=O)cc1. The second-order valence-electron chi connectivity index (χ2n) is 6.07. The summed E-state index contributed by atoms with van der Waals surface area (Å²) in [5.41, 5.74) is 1.17. The summed E-state index contributed by atoms with van der Waals surface area (Å²) in [6, 6.07) is 6.64. The van der Waals surface area contributed by atoms with Gasteiger partial charge in [0.05, 0.1) is 6.10 Å². The van der Waals surface area contributed by atoms with Gasteiger partial charge in [-0.2, -0.15) is 8.42 Å². The quantitative estimate of drug-likeness (QED) is 0.490. The predicted octanol–water partition coefficient (Wildman–Crippen LogP) is 3.26. The van der Waals surface area contributed by atoms with Crippen molar-refractivity contribution in [2.24, 2.45) is 5.14 Å². The molecule has 0 radical (unpaired) electrons. The molecule has 1 rings (SSSR count). The molecule has 0 aliphatic carbocycles. The van der Waals surface area contributed by atoms with Crippen molar-refractivity contribution in [1.29, 1.82) is 0 Å². The van der Waals surface area contributed by atoms with Crippen molar-refractivity contribution in [3.8, 4) is 0 Å². The van der Waals surface area contributed by atoms with Crippen molar-refractivity contribution < 1.29 is 13.5 Å². The molecule has 1 atom stereocenters. The van der Waals surface area contributed by atoms with Crippen LogP contribution in [0, 0.1) is 0 Å². The summed E-state index contributed by atoms with van der Waals surface area (Å²) in [6.07, 6.45) is 4.79. The van der Waals surface area contributed by atoms with Gasteiger partial charge in [0, 0.05) is 5.69 Å². The molecule has 146 valence electrons. The molecule has 0 spiro atoms. The molecule has 0 saturated heterocycles. The van der Waals surface area contributed by atoms with Crippen LogP contribution in [0.5, 0.6) is 0 Å². The average molecular weight is 374 g/mol. The van der Waals surface area contributed by atoms with Crippen LogP contribution in [0.1, 0.15) is 65.0 Å². The monoisotopic (exact) mass is 373 g/mol. The van der Waals surface area contributed by atoms with Crippen LogP contribution in [0.25, 0.3) is 0 Å². The smallest absolute Gasteiger partial charge is 0.296 e. The molecule has 0 saturated carbocycles. The van der Waals surface area contributed by atoms with Crippen molar-refractivity contribution in [1.82, 2.24) is 4.90 Å². The Balaban J connectivity index is 0.00000576. The Hall–Kier alpha value is -1.15. The highest BCUT2D eigenvalue weighted by Gasteiger charge is 2.10. The Kier molecular flexibility index (Phi) is 11.7. The summed E-state index contributed by atoms with van der Waals surface area (Å²) in [6.45, 7) is 7.51. The number of benzene rings is 1. The van der Waals surface area contributed by atoms with Gasteiger partial charge in [0.15, 0.2) is 0 Å². The van der Waals surface area contributed by atoms with E-state index in [1.807, 2.05) is 0 Å². The summed E-state index contributed by atoms with van der Waals surface area (Å²) in [7, 11) is -3.76. The van der Waals surface area contributed by atoms with Gasteiger partial charge in [-0.3, -0.25) is 4.72 Å². The van der Waals surface area contributed by atoms with Gasteiger partial charge in [-0.25, -0.2) is 5.14 Å². The van der Waals surface area contributed by atoms with Crippen molar-refractivity contribution in [2.75, 3.05) is 24.4 Å². The topological polar surface area (TPSA) is 95.7 Å². The van der Waals surface area contributed by atoms with E-state index >= 15 is 0 Å². The Morgan fingerprint density at radius 2 is 1.72 bits per heavy atom. The molecule has 1 aromatic carbocycles. The van der Waals surface area contributed by atoms with Gasteiger partial charge < -0.3 is 10.0 Å². The summed E-state index contributed by atoms with van der Waals surface area (Å²) in [5.74, 6) is 0. The third-order valence-electron chi connectivity index (χ3n) is 4.03. The predicted molar refractivity (Wildman–Crippen MR) is 106 cm³/mol. The minimum Gasteiger partial charge on any atom is -0.388 e. The van der Waals surface area contributed by atoms with E-state index in [2.05, 4.69) is 23.5 Å². The zero-order chi connectivity index (χ0) is 18.0. The van der Waals surface area contributed by atoms with E-state index in [9.17, 15) is 13.5 Å². The molecule has 0 bridgehead atoms. The van der Waals surface area contributed by atoms with Crippen molar-refractivity contribution in [3.63, 3.8) is 0 Å². The number of nitrogens with one attached hydrogen (secondary N) is 1. The lowest BCUT2D eigenvalue weighted by Crippen LogP contribution is -2.26. The highest BCUT2D eigenvalue weighted by molar-refractivity contribution is 7.90. The molecular weight excluding hydrogens is 338 g/mol. The lowest BCUT2D eigenvalue weighted by molar-refractivity contribution is 0.155. The highest BCUT2D eigenvalue weighted by Crippen LogP contribution is 2.21. The van der Waals surface area contributed by atoms with Crippen molar-refractivity contribution >= 4 is 15.9 Å². The molecule has 0 aliphatic heterocycles. The fourth-order valence-electron chi connectivity index (χ4n) is 2.63. The third-order valence-corrected chi connectivity index (χ3v) is 4.55. The summed E-state index contributed by atoms with van der Waals surface area (Å²) >= 11 is 0. The Morgan fingerprint density at radius 1 is 1.12 bits per heavy atom. The van der Waals surface area contributed by atoms with Gasteiger partial charge in [0.2, 0.25) is 0 Å². The fraction of sp³-hybridized carbons (Fsp3) is 0.667. The lowest BCUT2D eigenvalue weighted by atomic mass is 10.0. The first kappa shape index (κ1) is 23.9. The van der Waals surface area contributed by atoms with Crippen molar-refractivity contribution in [2.45, 2.75) is 59.5 Å². The molecule has 1 aromatic rings. The number of unbranched alkanes of at least 4 members (excludes halogenated alkanes) is 2. The Bertz CT molecular complexity index is 561. The van der Waals surface area contributed by atoms with E-state index in [0.29, 0.717) is 12.1 Å². The van der Waals surface area contributed by atoms with Crippen LogP contribution < -0.4 is 9.86 Å². The fourth-order valence-corrected chi connectivity index (χ4v) is 3.09. The Labute approximate surface area is 153 Å². The van der Waals surface area contributed by atoms with Crippen LogP contribution >= 0.6 is 0 Å². The molecule has 6 nitrogen and oxygen atoms in total. The molecule has 1 unspecified atom stereocenters. The van der Waals surface area contributed by atoms with E-state index < -0.39 is 16.3 Å². The van der Waals surface area contributed by atoms with Crippen molar-refractivity contribution in [3.05, 3.63) is 29.8 Å². The second kappa shape index (κ2) is 12.2. The van der Waals surface area contributed by atoms with Gasteiger partial charge >= 0.3 is 0 Å². The first-order valence-electron chi connectivity index (χ1n) is 8.66. The summed E-state index contributed by atoms with van der Waals surface area (Å²) < 4.78 is 24.1. The maximum atomic E-state index is 11.0. The first-order chi connectivity index (χ1) is 11.4. The van der Waals surface area contributed by atoms with Crippen LogP contribution in [0.3, 0.4) is 0 Å². The maximum absolute atomic E-state index is 11.0. The molecule has 0 heterocycles. The van der Waals surface area contributed by atoms with E-state index in [1.165, 1.54) is 19.3 Å². The standard InChI is InChI=1S/C17H31N3O3S.CH4/c1-3-5-6-13-20(4-2)14-7-8-17(21)15-9-11-16(12-10-15)19-24(18,22)23;/h9-12,17,19,21H,3-8,13-14H2,1-2H3,(H2,18,22,23);1H4. The van der Waals surface area contributed by atoms with Gasteiger partial charge in [0.1, 0.15) is 0 Å². The first-order valence-corrected chi connectivity index (χ1v) is 10.2. The van der Waals surface area contributed by atoms with E-state index in [-0.39, 0.29) is 7.43 Å². The molecule has 0 aromatic heterocycles. The van der Waals surface area contributed by atoms with E-state index in [0.717, 1.165) is 31.6 Å². The molecule has 0 amide bonds. The summed E-state index contributed by atoms with van der Waals surface area (Å²) in [5, 5.41) is 15.2. The molecule has 4 N–H and O–H groups in total. The number of anilines is 1. The molecule has 0 aliphatic rings. The number of nitrogens with two attached hydrogens (primary N) is 1. The number of aliphatic hydroxyl groups excluding tert-OH is 1. The number of hydrogen-bond donors (Lipinski definition) is 3. The summed E-state index contributed by atoms with van der Waals surface area (Å²) in [4.78, 5) is 2.42. The molecular formula is C18H35N3O3S. The highest BCUT2D eigenvalue weighted by atomic mass is 32.2. The van der Waals surface area contributed by atoms with Crippen LogP contribution in [0.2, 0.25) is 0 Å². The number of hydrogen-bond acceptors (Lipinski definition) is 4. The van der Waals surface area contributed by atoms with Gasteiger partial charge in [-0.1, -0.05) is 46.2 Å². The number of nitrogens with zero attached hydrogens (tertiary/aromatic N) is 1. The third kappa shape index (κ3) is 10.4. The lowest BCUT2D eigenvalue weighted by Gasteiger charge is -2.21. The van der Waals surface area contributed by atoms with Gasteiger partial charge in [-0.15, -0.1) is 0 Å². The Morgan fingerprint density at radius 3 is 2.24 bits per heavy atom. The van der Waals surface area contributed by atoms with E-state index in [1.54, 1.807) is 24.3 Å². The molecule has 25 heavy (non-hydrogen) atoms. The zero-order valence-corrected chi connectivity index (χ0v) is 15.6. The number of aliphatic hydroxyl groups is 1. The normalized spacial score (nSPS) is 12.7. The van der Waals surface area contributed by atoms with Crippen LogP contribution in [0.4, 0.5) is 5.69 Å². The second-order valence-corrected chi connectivity index (χ2v) is 7.36. The van der Waals surface area contributed by atoms with E-state index in [4.69, 9.17) is 5.14 Å². The molecule has 0 fully saturated rings. The number of rotatable bonds is 12. The minimum absolute atomic E-state index is 0. The molecule has 7 heteroatoms. The van der Waals surface area contributed by atoms with Gasteiger partial charge in [0.25, 0.3) is 10.2 Å².